The van der Waals surface area contributed by atoms with Crippen LogP contribution in [0.2, 0.25) is 0 Å². The smallest absolute Gasteiger partial charge is 0.303 e. The van der Waals surface area contributed by atoms with Crippen molar-refractivity contribution in [1.82, 2.24) is 0 Å². The lowest BCUT2D eigenvalue weighted by Gasteiger charge is -2.22. The number of carbonyl (C=O) groups is 1. The van der Waals surface area contributed by atoms with E-state index in [2.05, 4.69) is 0 Å². The number of phenolic OH excluding ortho intramolecular Hbond substituents is 1. The van der Waals surface area contributed by atoms with Crippen LogP contribution < -0.4 is 0 Å². The first-order chi connectivity index (χ1) is 7.71. The SMILES string of the molecule is C.Cc1cc(CCC(=O)O)cc(C(C)(C)C)c1O. The van der Waals surface area contributed by atoms with Crippen molar-refractivity contribution in [3.8, 4) is 5.75 Å². The van der Waals surface area contributed by atoms with E-state index in [-0.39, 0.29) is 19.3 Å². The van der Waals surface area contributed by atoms with E-state index in [1.54, 1.807) is 0 Å². The van der Waals surface area contributed by atoms with Crippen LogP contribution in [0.1, 0.15) is 51.3 Å². The van der Waals surface area contributed by atoms with Crippen LogP contribution in [0.5, 0.6) is 5.75 Å². The van der Waals surface area contributed by atoms with Gasteiger partial charge in [0, 0.05) is 6.42 Å². The Morgan fingerprint density at radius 3 is 2.28 bits per heavy atom. The van der Waals surface area contributed by atoms with E-state index >= 15 is 0 Å². The summed E-state index contributed by atoms with van der Waals surface area (Å²) in [4.78, 5) is 10.6. The molecule has 0 aliphatic rings. The third-order valence-corrected chi connectivity index (χ3v) is 2.80. The molecule has 0 radical (unpaired) electrons. The zero-order valence-electron chi connectivity index (χ0n) is 10.9. The van der Waals surface area contributed by atoms with E-state index in [0.29, 0.717) is 12.2 Å². The van der Waals surface area contributed by atoms with Gasteiger partial charge in [-0.05, 0) is 35.4 Å². The zero-order valence-corrected chi connectivity index (χ0v) is 10.9. The third kappa shape index (κ3) is 4.06. The fourth-order valence-electron chi connectivity index (χ4n) is 1.82. The van der Waals surface area contributed by atoms with Gasteiger partial charge in [-0.25, -0.2) is 0 Å². The molecule has 0 aromatic heterocycles. The summed E-state index contributed by atoms with van der Waals surface area (Å²) in [6.45, 7) is 7.93. The van der Waals surface area contributed by atoms with Gasteiger partial charge in [0.25, 0.3) is 0 Å². The molecule has 0 spiro atoms. The van der Waals surface area contributed by atoms with Crippen molar-refractivity contribution in [2.75, 3.05) is 0 Å². The number of rotatable bonds is 3. The van der Waals surface area contributed by atoms with Gasteiger partial charge in [-0.1, -0.05) is 40.3 Å². The molecule has 18 heavy (non-hydrogen) atoms. The minimum atomic E-state index is -0.798. The number of hydrogen-bond donors (Lipinski definition) is 2. The minimum Gasteiger partial charge on any atom is -0.507 e. The van der Waals surface area contributed by atoms with Gasteiger partial charge in [0.05, 0.1) is 0 Å². The summed E-state index contributed by atoms with van der Waals surface area (Å²) in [6, 6.07) is 3.76. The Labute approximate surface area is 109 Å². The summed E-state index contributed by atoms with van der Waals surface area (Å²) in [5, 5.41) is 18.7. The summed E-state index contributed by atoms with van der Waals surface area (Å²) in [6.07, 6.45) is 0.618. The maximum atomic E-state index is 10.6. The standard InChI is InChI=1S/C14H20O3.CH4/c1-9-7-10(5-6-12(15)16)8-11(13(9)17)14(2,3)4;/h7-8,17H,5-6H2,1-4H3,(H,15,16);1H4. The Balaban J connectivity index is 0.00000289. The van der Waals surface area contributed by atoms with Gasteiger partial charge in [0.15, 0.2) is 0 Å². The summed E-state index contributed by atoms with van der Waals surface area (Å²) in [7, 11) is 0. The fraction of sp³-hybridized carbons (Fsp3) is 0.533. The average Bonchev–Trinajstić information content (AvgIpc) is 2.17. The molecule has 3 nitrogen and oxygen atoms in total. The Bertz CT molecular complexity index is 428. The molecule has 0 unspecified atom stereocenters. The molecule has 0 bridgehead atoms. The zero-order chi connectivity index (χ0) is 13.2. The number of hydrogen-bond acceptors (Lipinski definition) is 2. The van der Waals surface area contributed by atoms with Gasteiger partial charge in [-0.3, -0.25) is 4.79 Å². The first-order valence-electron chi connectivity index (χ1n) is 5.76. The van der Waals surface area contributed by atoms with Crippen LogP contribution in [-0.4, -0.2) is 16.2 Å². The quantitative estimate of drug-likeness (QED) is 0.863. The van der Waals surface area contributed by atoms with Crippen LogP contribution in [0.3, 0.4) is 0 Å². The third-order valence-electron chi connectivity index (χ3n) is 2.80. The van der Waals surface area contributed by atoms with E-state index in [9.17, 15) is 9.90 Å². The van der Waals surface area contributed by atoms with Crippen LogP contribution in [0, 0.1) is 6.92 Å². The number of carboxylic acid groups (broad SMARTS) is 1. The van der Waals surface area contributed by atoms with Crippen molar-refractivity contribution >= 4 is 5.97 Å². The van der Waals surface area contributed by atoms with Crippen LogP contribution in [0.25, 0.3) is 0 Å². The molecular weight excluding hydrogens is 228 g/mol. The van der Waals surface area contributed by atoms with Crippen molar-refractivity contribution in [2.45, 2.75) is 53.4 Å². The average molecular weight is 252 g/mol. The van der Waals surface area contributed by atoms with E-state index in [1.807, 2.05) is 39.8 Å². The number of phenols is 1. The lowest BCUT2D eigenvalue weighted by Crippen LogP contribution is -2.12. The first-order valence-corrected chi connectivity index (χ1v) is 5.76. The molecule has 0 saturated carbocycles. The molecule has 1 aromatic rings. The maximum absolute atomic E-state index is 10.6. The van der Waals surface area contributed by atoms with Crippen molar-refractivity contribution in [3.63, 3.8) is 0 Å². The molecule has 0 saturated heterocycles. The lowest BCUT2D eigenvalue weighted by molar-refractivity contribution is -0.136. The van der Waals surface area contributed by atoms with Crippen LogP contribution in [-0.2, 0) is 16.6 Å². The highest BCUT2D eigenvalue weighted by Crippen LogP contribution is 2.34. The molecule has 3 heteroatoms. The summed E-state index contributed by atoms with van der Waals surface area (Å²) in [5.74, 6) is -0.482. The van der Waals surface area contributed by atoms with Gasteiger partial charge in [0.1, 0.15) is 5.75 Å². The molecule has 0 fully saturated rings. The van der Waals surface area contributed by atoms with Crippen LogP contribution in [0.4, 0.5) is 0 Å². The number of benzene rings is 1. The topological polar surface area (TPSA) is 57.5 Å². The van der Waals surface area contributed by atoms with E-state index < -0.39 is 5.97 Å². The first kappa shape index (κ1) is 16.5. The number of aromatic hydroxyl groups is 1. The van der Waals surface area contributed by atoms with Crippen LogP contribution in [0.15, 0.2) is 12.1 Å². The van der Waals surface area contributed by atoms with E-state index in [0.717, 1.165) is 16.7 Å². The molecule has 2 N–H and O–H groups in total. The molecule has 102 valence electrons. The molecule has 0 aliphatic carbocycles. The number of carboxylic acids is 1. The van der Waals surface area contributed by atoms with E-state index in [4.69, 9.17) is 5.11 Å². The van der Waals surface area contributed by atoms with Gasteiger partial charge < -0.3 is 10.2 Å². The highest BCUT2D eigenvalue weighted by Gasteiger charge is 2.20. The van der Waals surface area contributed by atoms with Gasteiger partial charge >= 0.3 is 5.97 Å². The van der Waals surface area contributed by atoms with Crippen molar-refractivity contribution in [3.05, 3.63) is 28.8 Å². The van der Waals surface area contributed by atoms with E-state index in [1.165, 1.54) is 0 Å². The molecule has 1 rings (SSSR count). The Morgan fingerprint density at radius 1 is 1.28 bits per heavy atom. The van der Waals surface area contributed by atoms with Gasteiger partial charge in [-0.2, -0.15) is 0 Å². The molecule has 1 aromatic carbocycles. The highest BCUT2D eigenvalue weighted by atomic mass is 16.4. The van der Waals surface area contributed by atoms with Crippen molar-refractivity contribution in [2.24, 2.45) is 0 Å². The molecular formula is C15H24O3. The largest absolute Gasteiger partial charge is 0.507 e. The second-order valence-corrected chi connectivity index (χ2v) is 5.45. The Hall–Kier alpha value is -1.51. The fourth-order valence-corrected chi connectivity index (χ4v) is 1.82. The highest BCUT2D eigenvalue weighted by molar-refractivity contribution is 5.67. The van der Waals surface area contributed by atoms with Crippen molar-refractivity contribution in [1.29, 1.82) is 0 Å². The summed E-state index contributed by atoms with van der Waals surface area (Å²) in [5.41, 5.74) is 2.50. The normalized spacial score (nSPS) is 10.9. The Morgan fingerprint density at radius 2 is 1.83 bits per heavy atom. The molecule has 0 amide bonds. The maximum Gasteiger partial charge on any atom is 0.303 e. The predicted molar refractivity (Wildman–Crippen MR) is 74.2 cm³/mol. The second-order valence-electron chi connectivity index (χ2n) is 5.45. The minimum absolute atomic E-state index is 0. The van der Waals surface area contributed by atoms with Crippen molar-refractivity contribution < 1.29 is 15.0 Å². The van der Waals surface area contributed by atoms with Gasteiger partial charge in [-0.15, -0.1) is 0 Å². The summed E-state index contributed by atoms with van der Waals surface area (Å²) < 4.78 is 0. The molecule has 0 heterocycles. The second kappa shape index (κ2) is 5.89. The number of aryl methyl sites for hydroxylation is 2. The monoisotopic (exact) mass is 252 g/mol. The lowest BCUT2D eigenvalue weighted by atomic mass is 9.83. The number of aliphatic carboxylic acids is 1. The Kier molecular flexibility index (Phi) is 5.40. The van der Waals surface area contributed by atoms with Crippen LogP contribution >= 0.6 is 0 Å². The summed E-state index contributed by atoms with van der Waals surface area (Å²) >= 11 is 0. The van der Waals surface area contributed by atoms with Gasteiger partial charge in [0.2, 0.25) is 0 Å². The molecule has 0 atom stereocenters. The molecule has 0 aliphatic heterocycles. The predicted octanol–water partition coefficient (Wildman–Crippen LogP) is 3.65.